The second-order valence-corrected chi connectivity index (χ2v) is 4.39. The molecule has 2 aromatic rings. The molecule has 0 aliphatic heterocycles. The first-order valence-electron chi connectivity index (χ1n) is 5.71. The molecule has 2 aromatic carbocycles. The van der Waals surface area contributed by atoms with E-state index in [2.05, 4.69) is 16.7 Å². The highest BCUT2D eigenvalue weighted by Crippen LogP contribution is 2.30. The molecule has 3 nitrogen and oxygen atoms in total. The Kier molecular flexibility index (Phi) is 4.31. The normalized spacial score (nSPS) is 10.6. The molecule has 96 valence electrons. The zero-order chi connectivity index (χ0) is 13.7. The van der Waals surface area contributed by atoms with Gasteiger partial charge in [-0.25, -0.2) is 4.99 Å². The Labute approximate surface area is 117 Å². The van der Waals surface area contributed by atoms with Gasteiger partial charge in [-0.3, -0.25) is 4.99 Å². The molecule has 2 rings (SSSR count). The van der Waals surface area contributed by atoms with Gasteiger partial charge in [0.25, 0.3) is 0 Å². The number of hydrogen-bond donors (Lipinski definition) is 0. The fraction of sp³-hybridized carbons (Fsp3) is 0.0667. The van der Waals surface area contributed by atoms with Crippen molar-refractivity contribution in [2.75, 3.05) is 0 Å². The molecule has 0 radical (unpaired) electrons. The molecule has 0 aliphatic carbocycles. The average molecular weight is 273 g/mol. The van der Waals surface area contributed by atoms with Crippen molar-refractivity contribution < 1.29 is 4.74 Å². The maximum Gasteiger partial charge on any atom is 0.181 e. The number of rotatable bonds is 4. The topological polar surface area (TPSA) is 34.0 Å². The largest absolute Gasteiger partial charge is 0.446 e. The number of hydrogen-bond acceptors (Lipinski definition) is 3. The molecule has 0 heterocycles. The summed E-state index contributed by atoms with van der Waals surface area (Å²) >= 11 is 5.87. The Balaban J connectivity index is 2.10. The Bertz CT molecular complexity index is 606. The van der Waals surface area contributed by atoms with Crippen LogP contribution >= 0.6 is 11.6 Å². The lowest BCUT2D eigenvalue weighted by Crippen LogP contribution is -1.88. The summed E-state index contributed by atoms with van der Waals surface area (Å²) in [5.41, 5.74) is 2.46. The molecular formula is C15H13ClN2O. The van der Waals surface area contributed by atoms with Crippen molar-refractivity contribution in [1.29, 1.82) is 0 Å². The van der Waals surface area contributed by atoms with E-state index in [4.69, 9.17) is 16.3 Å². The van der Waals surface area contributed by atoms with E-state index in [1.54, 1.807) is 18.2 Å². The summed E-state index contributed by atoms with van der Waals surface area (Å²) in [6, 6.07) is 12.9. The molecule has 0 spiro atoms. The molecule has 0 bridgehead atoms. The van der Waals surface area contributed by atoms with Crippen molar-refractivity contribution in [1.82, 2.24) is 0 Å². The van der Waals surface area contributed by atoms with Gasteiger partial charge in [0.15, 0.2) is 6.40 Å². The van der Waals surface area contributed by atoms with Crippen molar-refractivity contribution >= 4 is 36.1 Å². The van der Waals surface area contributed by atoms with Crippen molar-refractivity contribution in [3.63, 3.8) is 0 Å². The molecule has 4 heteroatoms. The van der Waals surface area contributed by atoms with E-state index in [1.165, 1.54) is 12.0 Å². The first-order valence-corrected chi connectivity index (χ1v) is 6.09. The van der Waals surface area contributed by atoms with E-state index >= 15 is 0 Å². The second kappa shape index (κ2) is 6.16. The SMILES string of the molecule is C=Nc1cc(Cl)ccc1N=COc1ccc(C)cc1. The van der Waals surface area contributed by atoms with Gasteiger partial charge in [-0.05, 0) is 44.0 Å². The van der Waals surface area contributed by atoms with Gasteiger partial charge in [0.05, 0.1) is 11.4 Å². The molecule has 19 heavy (non-hydrogen) atoms. The molecule has 0 saturated carbocycles. The van der Waals surface area contributed by atoms with Gasteiger partial charge in [-0.2, -0.15) is 0 Å². The summed E-state index contributed by atoms with van der Waals surface area (Å²) in [6.07, 6.45) is 1.38. The molecule has 0 atom stereocenters. The maximum absolute atomic E-state index is 5.87. The standard InChI is InChI=1S/C15H13ClN2O/c1-11-3-6-13(7-4-11)19-10-18-14-8-5-12(16)9-15(14)17-2/h3-10H,2H2,1H3. The van der Waals surface area contributed by atoms with Gasteiger partial charge in [0, 0.05) is 5.02 Å². The zero-order valence-corrected chi connectivity index (χ0v) is 11.3. The molecule has 0 saturated heterocycles. The number of halogens is 1. The minimum absolute atomic E-state index is 0.598. The first-order chi connectivity index (χ1) is 9.19. The minimum Gasteiger partial charge on any atom is -0.446 e. The fourth-order valence-corrected chi connectivity index (χ4v) is 1.66. The number of nitrogens with zero attached hydrogens (tertiary/aromatic N) is 2. The molecule has 0 unspecified atom stereocenters. The number of aliphatic imine (C=N–C) groups is 2. The van der Waals surface area contributed by atoms with Gasteiger partial charge < -0.3 is 4.74 Å². The predicted molar refractivity (Wildman–Crippen MR) is 80.6 cm³/mol. The molecule has 0 fully saturated rings. The monoisotopic (exact) mass is 272 g/mol. The van der Waals surface area contributed by atoms with Crippen LogP contribution < -0.4 is 4.74 Å². The molecular weight excluding hydrogens is 260 g/mol. The van der Waals surface area contributed by atoms with Crippen molar-refractivity contribution in [2.24, 2.45) is 9.98 Å². The Morgan fingerprint density at radius 2 is 1.84 bits per heavy atom. The lowest BCUT2D eigenvalue weighted by atomic mass is 10.2. The molecule has 0 N–H and O–H groups in total. The molecule has 0 aromatic heterocycles. The van der Waals surface area contributed by atoms with E-state index in [0.29, 0.717) is 16.4 Å². The van der Waals surface area contributed by atoms with Gasteiger partial charge >= 0.3 is 0 Å². The Morgan fingerprint density at radius 1 is 1.11 bits per heavy atom. The quantitative estimate of drug-likeness (QED) is 0.586. The third kappa shape index (κ3) is 3.66. The van der Waals surface area contributed by atoms with E-state index < -0.39 is 0 Å². The van der Waals surface area contributed by atoms with Crippen molar-refractivity contribution in [3.8, 4) is 5.75 Å². The van der Waals surface area contributed by atoms with Crippen LogP contribution in [0.2, 0.25) is 5.02 Å². The summed E-state index contributed by atoms with van der Waals surface area (Å²) in [5, 5.41) is 0.598. The smallest absolute Gasteiger partial charge is 0.181 e. The minimum atomic E-state index is 0.598. The van der Waals surface area contributed by atoms with Crippen molar-refractivity contribution in [3.05, 3.63) is 53.1 Å². The van der Waals surface area contributed by atoms with Crippen LogP contribution in [0.4, 0.5) is 11.4 Å². The summed E-state index contributed by atoms with van der Waals surface area (Å²) < 4.78 is 5.41. The predicted octanol–water partition coefficient (Wildman–Crippen LogP) is 4.72. The lowest BCUT2D eigenvalue weighted by Gasteiger charge is -2.01. The van der Waals surface area contributed by atoms with E-state index in [-0.39, 0.29) is 0 Å². The van der Waals surface area contributed by atoms with E-state index in [1.807, 2.05) is 31.2 Å². The zero-order valence-electron chi connectivity index (χ0n) is 10.5. The lowest BCUT2D eigenvalue weighted by molar-refractivity contribution is 0.574. The highest BCUT2D eigenvalue weighted by molar-refractivity contribution is 6.31. The summed E-state index contributed by atoms with van der Waals surface area (Å²) in [7, 11) is 0. The van der Waals surface area contributed by atoms with Crippen LogP contribution in [0.15, 0.2) is 52.4 Å². The van der Waals surface area contributed by atoms with Crippen LogP contribution in [-0.2, 0) is 0 Å². The van der Waals surface area contributed by atoms with Gasteiger partial charge in [0.2, 0.25) is 0 Å². The van der Waals surface area contributed by atoms with Crippen molar-refractivity contribution in [2.45, 2.75) is 6.92 Å². The summed E-state index contributed by atoms with van der Waals surface area (Å²) in [6.45, 7) is 5.51. The summed E-state index contributed by atoms with van der Waals surface area (Å²) in [5.74, 6) is 0.733. The molecule has 0 aliphatic rings. The van der Waals surface area contributed by atoms with Crippen LogP contribution in [-0.4, -0.2) is 13.1 Å². The number of benzene rings is 2. The Morgan fingerprint density at radius 3 is 2.53 bits per heavy atom. The number of aryl methyl sites for hydroxylation is 1. The third-order valence-electron chi connectivity index (χ3n) is 2.51. The van der Waals surface area contributed by atoms with Crippen LogP contribution in [0, 0.1) is 6.92 Å². The van der Waals surface area contributed by atoms with Crippen LogP contribution in [0.25, 0.3) is 0 Å². The van der Waals surface area contributed by atoms with Gasteiger partial charge in [-0.15, -0.1) is 0 Å². The highest BCUT2D eigenvalue weighted by Gasteiger charge is 1.99. The number of ether oxygens (including phenoxy) is 1. The van der Waals surface area contributed by atoms with Gasteiger partial charge in [0.1, 0.15) is 5.75 Å². The maximum atomic E-state index is 5.87. The highest BCUT2D eigenvalue weighted by atomic mass is 35.5. The van der Waals surface area contributed by atoms with Crippen LogP contribution in [0.1, 0.15) is 5.56 Å². The van der Waals surface area contributed by atoms with Crippen LogP contribution in [0.5, 0.6) is 5.75 Å². The summed E-state index contributed by atoms with van der Waals surface area (Å²) in [4.78, 5) is 8.06. The second-order valence-electron chi connectivity index (χ2n) is 3.96. The van der Waals surface area contributed by atoms with E-state index in [0.717, 1.165) is 5.75 Å². The third-order valence-corrected chi connectivity index (χ3v) is 2.74. The fourth-order valence-electron chi connectivity index (χ4n) is 1.49. The Hall–Kier alpha value is -2.13. The van der Waals surface area contributed by atoms with Crippen LogP contribution in [0.3, 0.4) is 0 Å². The molecule has 0 amide bonds. The van der Waals surface area contributed by atoms with E-state index in [9.17, 15) is 0 Å². The van der Waals surface area contributed by atoms with Gasteiger partial charge in [-0.1, -0.05) is 29.3 Å². The first kappa shape index (κ1) is 13.3. The average Bonchev–Trinajstić information content (AvgIpc) is 2.42.